The summed E-state index contributed by atoms with van der Waals surface area (Å²) in [6.07, 6.45) is 4.04. The minimum absolute atomic E-state index is 0.170. The van der Waals surface area contributed by atoms with Gasteiger partial charge in [0.1, 0.15) is 5.54 Å². The Balaban J connectivity index is 2.28. The summed E-state index contributed by atoms with van der Waals surface area (Å²) in [5.41, 5.74) is -0.557. The van der Waals surface area contributed by atoms with Gasteiger partial charge in [-0.05, 0) is 52.7 Å². The fourth-order valence-corrected chi connectivity index (χ4v) is 2.77. The number of methoxy groups -OCH3 is 1. The molecule has 0 amide bonds. The summed E-state index contributed by atoms with van der Waals surface area (Å²) in [5.74, 6) is -0.170. The van der Waals surface area contributed by atoms with Crippen LogP contribution < -0.4 is 5.32 Å². The zero-order valence-electron chi connectivity index (χ0n) is 13.4. The van der Waals surface area contributed by atoms with E-state index in [9.17, 15) is 4.79 Å². The number of likely N-dealkylation sites (N-methyl/N-ethyl adjacent to an activating group) is 2. The predicted molar refractivity (Wildman–Crippen MR) is 79.8 cm³/mol. The second-order valence-electron chi connectivity index (χ2n) is 5.81. The van der Waals surface area contributed by atoms with E-state index in [1.165, 1.54) is 7.11 Å². The van der Waals surface area contributed by atoms with E-state index in [1.54, 1.807) is 0 Å². The zero-order valence-corrected chi connectivity index (χ0v) is 13.4. The second-order valence-corrected chi connectivity index (χ2v) is 5.81. The van der Waals surface area contributed by atoms with E-state index in [0.717, 1.165) is 52.0 Å². The van der Waals surface area contributed by atoms with Gasteiger partial charge in [0, 0.05) is 12.6 Å². The first-order chi connectivity index (χ1) is 9.53. The van der Waals surface area contributed by atoms with Crippen molar-refractivity contribution in [2.45, 2.75) is 51.1 Å². The Kier molecular flexibility index (Phi) is 7.48. The molecule has 20 heavy (non-hydrogen) atoms. The lowest BCUT2D eigenvalue weighted by atomic mass is 9.94. The van der Waals surface area contributed by atoms with Gasteiger partial charge in [0.2, 0.25) is 0 Å². The maximum absolute atomic E-state index is 11.8. The molecular weight excluding hydrogens is 256 g/mol. The Bertz CT molecular complexity index is 293. The van der Waals surface area contributed by atoms with E-state index in [4.69, 9.17) is 9.47 Å². The number of carbonyl (C=O) groups excluding carboxylic acids is 1. The highest BCUT2D eigenvalue weighted by molar-refractivity contribution is 5.80. The third kappa shape index (κ3) is 5.04. The molecule has 1 saturated heterocycles. The molecule has 1 heterocycles. The molecule has 0 bridgehead atoms. The van der Waals surface area contributed by atoms with Gasteiger partial charge >= 0.3 is 5.97 Å². The molecule has 1 N–H and O–H groups in total. The van der Waals surface area contributed by atoms with Crippen LogP contribution in [-0.2, 0) is 14.3 Å². The molecule has 118 valence electrons. The Morgan fingerprint density at radius 1 is 1.50 bits per heavy atom. The molecule has 2 unspecified atom stereocenters. The zero-order chi connectivity index (χ0) is 15.0. The van der Waals surface area contributed by atoms with E-state index in [-0.39, 0.29) is 5.97 Å². The van der Waals surface area contributed by atoms with E-state index < -0.39 is 5.54 Å². The van der Waals surface area contributed by atoms with Crippen molar-refractivity contribution in [3.63, 3.8) is 0 Å². The van der Waals surface area contributed by atoms with E-state index in [2.05, 4.69) is 17.3 Å². The van der Waals surface area contributed by atoms with Crippen LogP contribution in [0.4, 0.5) is 0 Å². The minimum atomic E-state index is -0.557. The number of hydrogen-bond donors (Lipinski definition) is 1. The van der Waals surface area contributed by atoms with Crippen LogP contribution in [0.5, 0.6) is 0 Å². The van der Waals surface area contributed by atoms with Gasteiger partial charge in [-0.3, -0.25) is 4.79 Å². The summed E-state index contributed by atoms with van der Waals surface area (Å²) >= 11 is 0. The number of hydrogen-bond acceptors (Lipinski definition) is 5. The first kappa shape index (κ1) is 17.4. The largest absolute Gasteiger partial charge is 0.468 e. The van der Waals surface area contributed by atoms with Crippen molar-refractivity contribution in [3.05, 3.63) is 0 Å². The highest BCUT2D eigenvalue weighted by Crippen LogP contribution is 2.17. The molecule has 0 aliphatic carbocycles. The van der Waals surface area contributed by atoms with Crippen LogP contribution in [0, 0.1) is 0 Å². The lowest BCUT2D eigenvalue weighted by Gasteiger charge is -2.28. The number of esters is 1. The molecule has 1 fully saturated rings. The van der Waals surface area contributed by atoms with Crippen LogP contribution in [-0.4, -0.2) is 62.9 Å². The first-order valence-electron chi connectivity index (χ1n) is 7.65. The van der Waals surface area contributed by atoms with Crippen molar-refractivity contribution in [1.82, 2.24) is 10.2 Å². The van der Waals surface area contributed by atoms with Crippen LogP contribution in [0.2, 0.25) is 0 Å². The number of nitrogens with one attached hydrogen (secondary N) is 1. The van der Waals surface area contributed by atoms with Crippen molar-refractivity contribution in [2.75, 3.05) is 40.5 Å². The summed E-state index contributed by atoms with van der Waals surface area (Å²) in [6, 6.07) is 0.566. The van der Waals surface area contributed by atoms with E-state index in [1.807, 2.05) is 13.8 Å². The van der Waals surface area contributed by atoms with Crippen molar-refractivity contribution in [2.24, 2.45) is 0 Å². The van der Waals surface area contributed by atoms with Crippen LogP contribution in [0.25, 0.3) is 0 Å². The monoisotopic (exact) mass is 286 g/mol. The van der Waals surface area contributed by atoms with Crippen molar-refractivity contribution < 1.29 is 14.3 Å². The molecule has 0 aromatic carbocycles. The highest BCUT2D eigenvalue weighted by atomic mass is 16.5. The second kappa shape index (κ2) is 8.60. The molecule has 1 rings (SSSR count). The smallest absolute Gasteiger partial charge is 0.325 e. The normalized spacial score (nSPS) is 21.9. The van der Waals surface area contributed by atoms with Crippen molar-refractivity contribution in [1.29, 1.82) is 0 Å². The molecule has 0 radical (unpaired) electrons. The topological polar surface area (TPSA) is 50.8 Å². The Morgan fingerprint density at radius 3 is 2.80 bits per heavy atom. The highest BCUT2D eigenvalue weighted by Gasteiger charge is 2.32. The quantitative estimate of drug-likeness (QED) is 0.513. The molecule has 5 nitrogen and oxygen atoms in total. The molecule has 5 heteroatoms. The number of carbonyl (C=O) groups is 1. The molecule has 1 aliphatic heterocycles. The van der Waals surface area contributed by atoms with Gasteiger partial charge < -0.3 is 19.7 Å². The number of rotatable bonds is 9. The minimum Gasteiger partial charge on any atom is -0.468 e. The van der Waals surface area contributed by atoms with Gasteiger partial charge in [-0.25, -0.2) is 0 Å². The van der Waals surface area contributed by atoms with Crippen LogP contribution in [0.1, 0.15) is 39.5 Å². The Labute approximate surface area is 123 Å². The third-order valence-corrected chi connectivity index (χ3v) is 4.17. The van der Waals surface area contributed by atoms with Crippen molar-refractivity contribution >= 4 is 5.97 Å². The molecule has 1 aliphatic rings. The standard InChI is InChI=1S/C15H30N2O3/c1-5-16-15(2,14(18)19-4)9-6-7-10-17(3)13-8-11-20-12-13/h13,16H,5-12H2,1-4H3. The number of ether oxygens (including phenoxy) is 2. The maximum atomic E-state index is 11.8. The SMILES string of the molecule is CCNC(C)(CCCCN(C)C1CCOC1)C(=O)OC. The lowest BCUT2D eigenvalue weighted by Crippen LogP contribution is -2.50. The van der Waals surface area contributed by atoms with Gasteiger partial charge in [0.25, 0.3) is 0 Å². The summed E-state index contributed by atoms with van der Waals surface area (Å²) in [4.78, 5) is 14.2. The predicted octanol–water partition coefficient (Wildman–Crippen LogP) is 1.42. The average Bonchev–Trinajstić information content (AvgIpc) is 2.97. The molecule has 0 aromatic rings. The fraction of sp³-hybridized carbons (Fsp3) is 0.933. The average molecular weight is 286 g/mol. The van der Waals surface area contributed by atoms with Gasteiger partial charge in [-0.2, -0.15) is 0 Å². The summed E-state index contributed by atoms with van der Waals surface area (Å²) < 4.78 is 10.3. The molecule has 0 aromatic heterocycles. The van der Waals surface area contributed by atoms with Crippen LogP contribution in [0.3, 0.4) is 0 Å². The van der Waals surface area contributed by atoms with E-state index >= 15 is 0 Å². The molecule has 0 saturated carbocycles. The van der Waals surface area contributed by atoms with Crippen LogP contribution in [0.15, 0.2) is 0 Å². The Morgan fingerprint density at radius 2 is 2.25 bits per heavy atom. The van der Waals surface area contributed by atoms with Crippen LogP contribution >= 0.6 is 0 Å². The molecule has 2 atom stereocenters. The number of unbranched alkanes of at least 4 members (excludes halogenated alkanes) is 1. The van der Waals surface area contributed by atoms with Gasteiger partial charge in [0.15, 0.2) is 0 Å². The summed E-state index contributed by atoms with van der Waals surface area (Å²) in [7, 11) is 3.61. The molecular formula is C15H30N2O3. The van der Waals surface area contributed by atoms with Gasteiger partial charge in [-0.1, -0.05) is 6.92 Å². The summed E-state index contributed by atoms with van der Waals surface area (Å²) in [6.45, 7) is 7.50. The van der Waals surface area contributed by atoms with Gasteiger partial charge in [-0.15, -0.1) is 0 Å². The van der Waals surface area contributed by atoms with Gasteiger partial charge in [0.05, 0.1) is 13.7 Å². The Hall–Kier alpha value is -0.650. The fourth-order valence-electron chi connectivity index (χ4n) is 2.77. The third-order valence-electron chi connectivity index (χ3n) is 4.17. The summed E-state index contributed by atoms with van der Waals surface area (Å²) in [5, 5.41) is 3.24. The maximum Gasteiger partial charge on any atom is 0.325 e. The lowest BCUT2D eigenvalue weighted by molar-refractivity contribution is -0.148. The van der Waals surface area contributed by atoms with E-state index in [0.29, 0.717) is 6.04 Å². The number of nitrogens with zero attached hydrogens (tertiary/aromatic N) is 1. The molecule has 0 spiro atoms. The first-order valence-corrected chi connectivity index (χ1v) is 7.65. The van der Waals surface area contributed by atoms with Crippen molar-refractivity contribution in [3.8, 4) is 0 Å².